The summed E-state index contributed by atoms with van der Waals surface area (Å²) in [5.74, 6) is -0.708. The number of nitrogens with zero attached hydrogens (tertiary/aromatic N) is 1. The van der Waals surface area contributed by atoms with Crippen LogP contribution in [0.15, 0.2) is 42.5 Å². The molecule has 2 aromatic carbocycles. The standard InChI is InChI=1S/C28H32Cl3N3O3/c29-21-10-5-4-7-18(21)14-15-32-27(36)24-11-6-16-34(24)28(37)25(19-8-2-1-3-9-19)33-26(35)20-12-13-22(30)23(31)17-20/h4-5,7,10,12-13,17,19,24-25H,1-3,6,8-9,11,14-16H2,(H,32,36)(H,33,35)/t24-,25-/m0/s1. The monoisotopic (exact) mass is 563 g/mol. The predicted octanol–water partition coefficient (Wildman–Crippen LogP) is 5.68. The lowest BCUT2D eigenvalue weighted by Crippen LogP contribution is -2.56. The van der Waals surface area contributed by atoms with Gasteiger partial charge in [0.25, 0.3) is 5.91 Å². The number of hydrogen-bond donors (Lipinski definition) is 2. The molecule has 0 unspecified atom stereocenters. The van der Waals surface area contributed by atoms with Crippen LogP contribution in [0, 0.1) is 5.92 Å². The molecule has 1 aliphatic carbocycles. The molecule has 1 saturated carbocycles. The lowest BCUT2D eigenvalue weighted by atomic mass is 9.83. The Bertz CT molecular complexity index is 1140. The first kappa shape index (κ1) is 27.7. The summed E-state index contributed by atoms with van der Waals surface area (Å²) in [6, 6.07) is 11.0. The van der Waals surface area contributed by atoms with E-state index in [1.165, 1.54) is 6.07 Å². The highest BCUT2D eigenvalue weighted by Crippen LogP contribution is 2.30. The number of benzene rings is 2. The van der Waals surface area contributed by atoms with Gasteiger partial charge in [-0.15, -0.1) is 0 Å². The van der Waals surface area contributed by atoms with E-state index in [1.807, 2.05) is 24.3 Å². The molecule has 0 radical (unpaired) electrons. The molecule has 0 aromatic heterocycles. The first-order chi connectivity index (χ1) is 17.8. The van der Waals surface area contributed by atoms with Crippen molar-refractivity contribution in [3.05, 3.63) is 68.7 Å². The molecule has 0 spiro atoms. The fourth-order valence-corrected chi connectivity index (χ4v) is 5.86. The summed E-state index contributed by atoms with van der Waals surface area (Å²) < 4.78 is 0. The lowest BCUT2D eigenvalue weighted by molar-refractivity contribution is -0.141. The number of rotatable bonds is 8. The number of likely N-dealkylation sites (tertiary alicyclic amines) is 1. The lowest BCUT2D eigenvalue weighted by Gasteiger charge is -2.34. The van der Waals surface area contributed by atoms with Crippen LogP contribution in [0.25, 0.3) is 0 Å². The Morgan fingerprint density at radius 3 is 2.38 bits per heavy atom. The van der Waals surface area contributed by atoms with Crippen molar-refractivity contribution >= 4 is 52.5 Å². The number of amides is 3. The highest BCUT2D eigenvalue weighted by molar-refractivity contribution is 6.42. The van der Waals surface area contributed by atoms with Crippen molar-refractivity contribution in [2.24, 2.45) is 5.92 Å². The normalized spacial score (nSPS) is 18.9. The van der Waals surface area contributed by atoms with Crippen LogP contribution in [0.5, 0.6) is 0 Å². The maximum Gasteiger partial charge on any atom is 0.251 e. The second-order valence-electron chi connectivity index (χ2n) is 9.80. The number of halogens is 3. The molecule has 2 atom stereocenters. The quantitative estimate of drug-likeness (QED) is 0.433. The highest BCUT2D eigenvalue weighted by atomic mass is 35.5. The molecule has 2 fully saturated rings. The van der Waals surface area contributed by atoms with E-state index in [4.69, 9.17) is 34.8 Å². The third-order valence-corrected chi connectivity index (χ3v) is 8.45. The molecule has 9 heteroatoms. The fraction of sp³-hybridized carbons (Fsp3) is 0.464. The van der Waals surface area contributed by atoms with E-state index >= 15 is 0 Å². The van der Waals surface area contributed by atoms with Crippen LogP contribution in [-0.4, -0.2) is 47.8 Å². The average molecular weight is 565 g/mol. The van der Waals surface area contributed by atoms with Gasteiger partial charge in [-0.05, 0) is 67.9 Å². The molecular weight excluding hydrogens is 533 g/mol. The first-order valence-corrected chi connectivity index (χ1v) is 14.1. The first-order valence-electron chi connectivity index (χ1n) is 12.9. The van der Waals surface area contributed by atoms with Crippen molar-refractivity contribution in [1.29, 1.82) is 0 Å². The third-order valence-electron chi connectivity index (χ3n) is 7.35. The van der Waals surface area contributed by atoms with Crippen molar-refractivity contribution < 1.29 is 14.4 Å². The largest absolute Gasteiger partial charge is 0.354 e. The van der Waals surface area contributed by atoms with E-state index in [1.54, 1.807) is 17.0 Å². The minimum atomic E-state index is -0.696. The van der Waals surface area contributed by atoms with E-state index in [2.05, 4.69) is 10.6 Å². The number of carbonyl (C=O) groups excluding carboxylic acids is 3. The van der Waals surface area contributed by atoms with Crippen molar-refractivity contribution in [2.45, 2.75) is 63.5 Å². The maximum absolute atomic E-state index is 13.9. The molecule has 1 aliphatic heterocycles. The molecule has 0 bridgehead atoms. The zero-order valence-corrected chi connectivity index (χ0v) is 22.9. The van der Waals surface area contributed by atoms with Gasteiger partial charge >= 0.3 is 0 Å². The smallest absolute Gasteiger partial charge is 0.251 e. The number of nitrogens with one attached hydrogen (secondary N) is 2. The van der Waals surface area contributed by atoms with Crippen molar-refractivity contribution in [1.82, 2.24) is 15.5 Å². The summed E-state index contributed by atoms with van der Waals surface area (Å²) >= 11 is 18.3. The van der Waals surface area contributed by atoms with Crippen LogP contribution < -0.4 is 10.6 Å². The zero-order valence-electron chi connectivity index (χ0n) is 20.7. The molecule has 198 valence electrons. The predicted molar refractivity (Wildman–Crippen MR) is 147 cm³/mol. The summed E-state index contributed by atoms with van der Waals surface area (Å²) in [5, 5.41) is 7.26. The van der Waals surface area contributed by atoms with Gasteiger partial charge in [0.2, 0.25) is 11.8 Å². The summed E-state index contributed by atoms with van der Waals surface area (Å²) in [5.41, 5.74) is 1.31. The van der Waals surface area contributed by atoms with Crippen LogP contribution >= 0.6 is 34.8 Å². The van der Waals surface area contributed by atoms with Gasteiger partial charge in [0.1, 0.15) is 12.1 Å². The second-order valence-corrected chi connectivity index (χ2v) is 11.0. The zero-order chi connectivity index (χ0) is 26.4. The molecule has 2 N–H and O–H groups in total. The minimum Gasteiger partial charge on any atom is -0.354 e. The summed E-state index contributed by atoms with van der Waals surface area (Å²) in [6.45, 7) is 0.925. The Labute approximate surface area is 233 Å². The minimum absolute atomic E-state index is 0.0255. The van der Waals surface area contributed by atoms with E-state index in [0.29, 0.717) is 41.5 Å². The molecule has 1 saturated heterocycles. The molecule has 2 aromatic rings. The summed E-state index contributed by atoms with van der Waals surface area (Å²) in [4.78, 5) is 41.7. The Balaban J connectivity index is 1.44. The molecule has 6 nitrogen and oxygen atoms in total. The number of hydrogen-bond acceptors (Lipinski definition) is 3. The van der Waals surface area contributed by atoms with Gasteiger partial charge in [-0.1, -0.05) is 72.3 Å². The van der Waals surface area contributed by atoms with Crippen LogP contribution in [0.4, 0.5) is 0 Å². The molecule has 2 aliphatic rings. The molecule has 4 rings (SSSR count). The second kappa shape index (κ2) is 13.0. The Hall–Kier alpha value is -2.28. The summed E-state index contributed by atoms with van der Waals surface area (Å²) in [7, 11) is 0. The van der Waals surface area contributed by atoms with Gasteiger partial charge < -0.3 is 15.5 Å². The SMILES string of the molecule is O=C(N[C@H](C(=O)N1CCC[C@H]1C(=O)NCCc1ccccc1Cl)C1CCCCC1)c1ccc(Cl)c(Cl)c1. The Kier molecular flexibility index (Phi) is 9.74. The van der Waals surface area contributed by atoms with E-state index in [-0.39, 0.29) is 28.7 Å². The topological polar surface area (TPSA) is 78.5 Å². The van der Waals surface area contributed by atoms with Crippen molar-refractivity contribution in [3.63, 3.8) is 0 Å². The maximum atomic E-state index is 13.9. The van der Waals surface area contributed by atoms with Crippen molar-refractivity contribution in [2.75, 3.05) is 13.1 Å². The van der Waals surface area contributed by atoms with Gasteiger partial charge in [-0.3, -0.25) is 14.4 Å². The summed E-state index contributed by atoms with van der Waals surface area (Å²) in [6.07, 6.45) is 6.83. The van der Waals surface area contributed by atoms with Gasteiger partial charge in [0.05, 0.1) is 10.0 Å². The van der Waals surface area contributed by atoms with Crippen molar-refractivity contribution in [3.8, 4) is 0 Å². The number of carbonyl (C=O) groups is 3. The molecule has 3 amide bonds. The third kappa shape index (κ3) is 6.98. The Morgan fingerprint density at radius 1 is 0.892 bits per heavy atom. The van der Waals surface area contributed by atoms with Crippen LogP contribution in [0.2, 0.25) is 15.1 Å². The van der Waals surface area contributed by atoms with Crippen LogP contribution in [0.1, 0.15) is 60.9 Å². The highest BCUT2D eigenvalue weighted by Gasteiger charge is 2.40. The van der Waals surface area contributed by atoms with Gasteiger partial charge in [-0.25, -0.2) is 0 Å². The fourth-order valence-electron chi connectivity index (χ4n) is 5.33. The molecule has 37 heavy (non-hydrogen) atoms. The molecular formula is C28H32Cl3N3O3. The Morgan fingerprint density at radius 2 is 1.65 bits per heavy atom. The van der Waals surface area contributed by atoms with Crippen LogP contribution in [0.3, 0.4) is 0 Å². The van der Waals surface area contributed by atoms with E-state index in [0.717, 1.165) is 44.1 Å². The van der Waals surface area contributed by atoms with E-state index < -0.39 is 12.1 Å². The van der Waals surface area contributed by atoms with Gasteiger partial charge in [0, 0.05) is 23.7 Å². The van der Waals surface area contributed by atoms with Gasteiger partial charge in [-0.2, -0.15) is 0 Å². The van der Waals surface area contributed by atoms with Gasteiger partial charge in [0.15, 0.2) is 0 Å². The van der Waals surface area contributed by atoms with E-state index in [9.17, 15) is 14.4 Å². The average Bonchev–Trinajstić information content (AvgIpc) is 3.40. The van der Waals surface area contributed by atoms with Crippen LogP contribution in [-0.2, 0) is 16.0 Å². The molecule has 1 heterocycles.